The standard InChI is InChI=1S/C11H11N3O2/c12-14-13-8-4-7-10(11(15)16)9-5-2-1-3-6-9/h1-3,5-7H,4,8H2,(H,15,16). The first-order chi connectivity index (χ1) is 7.75. The number of nitrogens with zero attached hydrogens (tertiary/aromatic N) is 3. The van der Waals surface area contributed by atoms with Crippen LogP contribution in [0.3, 0.4) is 0 Å². The van der Waals surface area contributed by atoms with Crippen LogP contribution < -0.4 is 0 Å². The van der Waals surface area contributed by atoms with Crippen molar-refractivity contribution in [2.75, 3.05) is 6.54 Å². The highest BCUT2D eigenvalue weighted by molar-refractivity contribution is 6.15. The monoisotopic (exact) mass is 217 g/mol. The maximum absolute atomic E-state index is 11.0. The lowest BCUT2D eigenvalue weighted by molar-refractivity contribution is -0.130. The number of hydrogen-bond donors (Lipinski definition) is 1. The molecule has 0 saturated heterocycles. The van der Waals surface area contributed by atoms with Crippen molar-refractivity contribution < 1.29 is 9.90 Å². The number of aliphatic carboxylic acids is 1. The topological polar surface area (TPSA) is 86.1 Å². The van der Waals surface area contributed by atoms with Gasteiger partial charge >= 0.3 is 5.97 Å². The van der Waals surface area contributed by atoms with Crippen molar-refractivity contribution in [3.05, 3.63) is 52.4 Å². The number of azide groups is 1. The first kappa shape index (κ1) is 11.8. The molecular weight excluding hydrogens is 206 g/mol. The minimum atomic E-state index is -0.980. The van der Waals surface area contributed by atoms with Gasteiger partial charge in [-0.3, -0.25) is 0 Å². The molecule has 0 fully saturated rings. The summed E-state index contributed by atoms with van der Waals surface area (Å²) in [5.74, 6) is -0.980. The van der Waals surface area contributed by atoms with E-state index in [9.17, 15) is 4.79 Å². The second-order valence-corrected chi connectivity index (χ2v) is 3.03. The maximum Gasteiger partial charge on any atom is 0.335 e. The molecule has 0 heterocycles. The molecule has 0 bridgehead atoms. The van der Waals surface area contributed by atoms with Gasteiger partial charge in [-0.1, -0.05) is 41.5 Å². The third-order valence-electron chi connectivity index (χ3n) is 1.96. The van der Waals surface area contributed by atoms with Gasteiger partial charge in [0.2, 0.25) is 0 Å². The number of carboxylic acids is 1. The molecule has 1 aromatic carbocycles. The summed E-state index contributed by atoms with van der Waals surface area (Å²) in [5.41, 5.74) is 8.96. The van der Waals surface area contributed by atoms with E-state index >= 15 is 0 Å². The van der Waals surface area contributed by atoms with E-state index in [2.05, 4.69) is 10.0 Å². The highest BCUT2D eigenvalue weighted by Gasteiger charge is 2.08. The van der Waals surface area contributed by atoms with Crippen LogP contribution in [0.1, 0.15) is 12.0 Å². The van der Waals surface area contributed by atoms with Gasteiger partial charge in [0.15, 0.2) is 0 Å². The minimum Gasteiger partial charge on any atom is -0.478 e. The largest absolute Gasteiger partial charge is 0.478 e. The fraction of sp³-hybridized carbons (Fsp3) is 0.182. The van der Waals surface area contributed by atoms with Crippen LogP contribution in [0.25, 0.3) is 16.0 Å². The van der Waals surface area contributed by atoms with Crippen molar-refractivity contribution in [1.82, 2.24) is 0 Å². The number of benzene rings is 1. The lowest BCUT2D eigenvalue weighted by Crippen LogP contribution is -1.99. The predicted molar refractivity (Wildman–Crippen MR) is 60.7 cm³/mol. The molecule has 1 N–H and O–H groups in total. The Morgan fingerprint density at radius 1 is 1.44 bits per heavy atom. The van der Waals surface area contributed by atoms with Crippen molar-refractivity contribution in [2.45, 2.75) is 6.42 Å². The maximum atomic E-state index is 11.0. The van der Waals surface area contributed by atoms with Crippen LogP contribution >= 0.6 is 0 Å². The predicted octanol–water partition coefficient (Wildman–Crippen LogP) is 2.86. The van der Waals surface area contributed by atoms with E-state index in [1.807, 2.05) is 6.07 Å². The molecule has 5 nitrogen and oxygen atoms in total. The minimum absolute atomic E-state index is 0.230. The zero-order valence-corrected chi connectivity index (χ0v) is 8.58. The van der Waals surface area contributed by atoms with Crippen LogP contribution in [0.4, 0.5) is 0 Å². The smallest absolute Gasteiger partial charge is 0.335 e. The van der Waals surface area contributed by atoms with Gasteiger partial charge in [0.1, 0.15) is 0 Å². The van der Waals surface area contributed by atoms with Crippen LogP contribution in [0.2, 0.25) is 0 Å². The number of rotatable bonds is 5. The third kappa shape index (κ3) is 3.48. The number of carbonyl (C=O) groups is 1. The van der Waals surface area contributed by atoms with Crippen molar-refractivity contribution >= 4 is 11.5 Å². The summed E-state index contributed by atoms with van der Waals surface area (Å²) in [6.07, 6.45) is 1.98. The first-order valence-electron chi connectivity index (χ1n) is 4.75. The molecule has 0 amide bonds. The summed E-state index contributed by atoms with van der Waals surface area (Å²) in [5, 5.41) is 12.4. The highest BCUT2D eigenvalue weighted by Crippen LogP contribution is 2.14. The molecule has 0 spiro atoms. The molecule has 0 unspecified atom stereocenters. The lowest BCUT2D eigenvalue weighted by atomic mass is 10.1. The fourth-order valence-corrected chi connectivity index (χ4v) is 1.26. The van der Waals surface area contributed by atoms with E-state index in [0.29, 0.717) is 12.0 Å². The number of hydrogen-bond acceptors (Lipinski definition) is 2. The Morgan fingerprint density at radius 2 is 2.12 bits per heavy atom. The molecule has 0 aliphatic heterocycles. The molecule has 0 aromatic heterocycles. The Labute approximate surface area is 92.7 Å². The van der Waals surface area contributed by atoms with Crippen LogP contribution in [0.5, 0.6) is 0 Å². The molecule has 0 aliphatic rings. The van der Waals surface area contributed by atoms with Crippen LogP contribution in [-0.4, -0.2) is 17.6 Å². The molecule has 0 aliphatic carbocycles. The summed E-state index contributed by atoms with van der Waals surface area (Å²) >= 11 is 0. The van der Waals surface area contributed by atoms with Gasteiger partial charge in [-0.25, -0.2) is 4.79 Å². The van der Waals surface area contributed by atoms with Crippen molar-refractivity contribution in [1.29, 1.82) is 0 Å². The zero-order chi connectivity index (χ0) is 11.8. The van der Waals surface area contributed by atoms with Gasteiger partial charge < -0.3 is 5.11 Å². The van der Waals surface area contributed by atoms with E-state index in [0.717, 1.165) is 0 Å². The van der Waals surface area contributed by atoms with Gasteiger partial charge in [-0.15, -0.1) is 0 Å². The van der Waals surface area contributed by atoms with E-state index < -0.39 is 5.97 Å². The highest BCUT2D eigenvalue weighted by atomic mass is 16.4. The third-order valence-corrected chi connectivity index (χ3v) is 1.96. The normalized spacial score (nSPS) is 10.6. The molecule has 0 saturated carbocycles. The second kappa shape index (κ2) is 6.27. The molecular formula is C11H11N3O2. The summed E-state index contributed by atoms with van der Waals surface area (Å²) in [7, 11) is 0. The van der Waals surface area contributed by atoms with Crippen molar-refractivity contribution in [3.8, 4) is 0 Å². The van der Waals surface area contributed by atoms with E-state index in [-0.39, 0.29) is 12.1 Å². The quantitative estimate of drug-likeness (QED) is 0.270. The second-order valence-electron chi connectivity index (χ2n) is 3.03. The molecule has 1 aromatic rings. The van der Waals surface area contributed by atoms with Gasteiger partial charge in [0, 0.05) is 11.5 Å². The summed E-state index contributed by atoms with van der Waals surface area (Å²) < 4.78 is 0. The molecule has 16 heavy (non-hydrogen) atoms. The Kier molecular flexibility index (Phi) is 4.63. The fourth-order valence-electron chi connectivity index (χ4n) is 1.26. The van der Waals surface area contributed by atoms with Gasteiger partial charge in [0.05, 0.1) is 5.57 Å². The van der Waals surface area contributed by atoms with E-state index in [1.54, 1.807) is 30.3 Å². The van der Waals surface area contributed by atoms with Crippen molar-refractivity contribution in [2.24, 2.45) is 5.11 Å². The molecule has 1 rings (SSSR count). The SMILES string of the molecule is [N-]=[N+]=NCCC=C(C(=O)O)c1ccccc1. The molecule has 0 atom stereocenters. The van der Waals surface area contributed by atoms with Gasteiger partial charge in [0.25, 0.3) is 0 Å². The molecule has 0 radical (unpaired) electrons. The Hall–Kier alpha value is -2.26. The van der Waals surface area contributed by atoms with Crippen LogP contribution in [0.15, 0.2) is 41.5 Å². The Bertz CT molecular complexity index is 434. The Morgan fingerprint density at radius 3 is 2.69 bits per heavy atom. The van der Waals surface area contributed by atoms with Gasteiger partial charge in [-0.05, 0) is 17.5 Å². The van der Waals surface area contributed by atoms with Gasteiger partial charge in [-0.2, -0.15) is 0 Å². The summed E-state index contributed by atoms with van der Waals surface area (Å²) in [6, 6.07) is 8.84. The Balaban J connectivity index is 2.83. The van der Waals surface area contributed by atoms with Crippen LogP contribution in [0, 0.1) is 0 Å². The summed E-state index contributed by atoms with van der Waals surface area (Å²) in [4.78, 5) is 13.6. The van der Waals surface area contributed by atoms with Crippen LogP contribution in [-0.2, 0) is 4.79 Å². The molecule has 82 valence electrons. The van der Waals surface area contributed by atoms with E-state index in [1.165, 1.54) is 0 Å². The zero-order valence-electron chi connectivity index (χ0n) is 8.58. The summed E-state index contributed by atoms with van der Waals surface area (Å²) in [6.45, 7) is 0.264. The van der Waals surface area contributed by atoms with E-state index in [4.69, 9.17) is 10.6 Å². The average molecular weight is 217 g/mol. The van der Waals surface area contributed by atoms with Crippen molar-refractivity contribution in [3.63, 3.8) is 0 Å². The molecule has 5 heteroatoms. The lowest BCUT2D eigenvalue weighted by Gasteiger charge is -2.01. The first-order valence-corrected chi connectivity index (χ1v) is 4.75. The average Bonchev–Trinajstić information content (AvgIpc) is 2.30. The number of carboxylic acid groups (broad SMARTS) is 1.